The van der Waals surface area contributed by atoms with Crippen LogP contribution in [0.3, 0.4) is 0 Å². The molecule has 112 valence electrons. The number of carbonyl (C=O) groups excluding carboxylic acids is 1. The van der Waals surface area contributed by atoms with Gasteiger partial charge in [0.1, 0.15) is 5.82 Å². The molecule has 0 fully saturated rings. The summed E-state index contributed by atoms with van der Waals surface area (Å²) in [6.45, 7) is 0.689. The van der Waals surface area contributed by atoms with Crippen molar-refractivity contribution < 1.29 is 4.79 Å². The maximum Gasteiger partial charge on any atom is 0.226 e. The van der Waals surface area contributed by atoms with Crippen LogP contribution in [0.15, 0.2) is 39.6 Å². The van der Waals surface area contributed by atoms with E-state index >= 15 is 0 Å². The highest BCUT2D eigenvalue weighted by molar-refractivity contribution is 9.11. The summed E-state index contributed by atoms with van der Waals surface area (Å²) < 4.78 is 2.97. The molecule has 0 saturated heterocycles. The van der Waals surface area contributed by atoms with Crippen molar-refractivity contribution in [1.82, 2.24) is 9.78 Å². The minimum Gasteiger partial charge on any atom is -0.311 e. The molecule has 0 radical (unpaired) electrons. The van der Waals surface area contributed by atoms with Crippen LogP contribution < -0.4 is 5.32 Å². The van der Waals surface area contributed by atoms with Gasteiger partial charge < -0.3 is 5.32 Å². The van der Waals surface area contributed by atoms with Crippen LogP contribution in [0.2, 0.25) is 0 Å². The van der Waals surface area contributed by atoms with Crippen molar-refractivity contribution in [1.29, 1.82) is 0 Å². The molecule has 0 unspecified atom stereocenters. The number of halogens is 1. The van der Waals surface area contributed by atoms with Crippen LogP contribution in [0, 0.1) is 0 Å². The fraction of sp³-hybridized carbons (Fsp3) is 0.200. The Morgan fingerprint density at radius 2 is 2.32 bits per heavy atom. The fourth-order valence-electron chi connectivity index (χ4n) is 2.71. The second-order valence-electron chi connectivity index (χ2n) is 5.13. The lowest BCUT2D eigenvalue weighted by Gasteiger charge is -2.22. The van der Waals surface area contributed by atoms with Gasteiger partial charge in [-0.1, -0.05) is 6.07 Å². The Hall–Kier alpha value is -1.44. The Balaban J connectivity index is 1.72. The van der Waals surface area contributed by atoms with Gasteiger partial charge in [0.2, 0.25) is 5.91 Å². The van der Waals surface area contributed by atoms with E-state index in [2.05, 4.69) is 43.9 Å². The van der Waals surface area contributed by atoms with Crippen LogP contribution in [-0.4, -0.2) is 15.7 Å². The first-order valence-electron chi connectivity index (χ1n) is 6.84. The van der Waals surface area contributed by atoms with E-state index in [4.69, 9.17) is 0 Å². The second kappa shape index (κ2) is 5.64. The number of amides is 1. The Morgan fingerprint density at radius 1 is 1.41 bits per heavy atom. The van der Waals surface area contributed by atoms with Crippen molar-refractivity contribution in [3.05, 3.63) is 54.9 Å². The molecule has 3 aromatic heterocycles. The van der Waals surface area contributed by atoms with Crippen molar-refractivity contribution in [2.75, 3.05) is 5.32 Å². The maximum atomic E-state index is 12.1. The van der Waals surface area contributed by atoms with Crippen molar-refractivity contribution in [2.45, 2.75) is 18.9 Å². The van der Waals surface area contributed by atoms with Gasteiger partial charge in [0.05, 0.1) is 16.5 Å². The molecule has 1 N–H and O–H groups in total. The first-order valence-corrected chi connectivity index (χ1v) is 9.33. The topological polar surface area (TPSA) is 46.9 Å². The molecule has 1 aliphatic heterocycles. The molecule has 0 aliphatic carbocycles. The van der Waals surface area contributed by atoms with E-state index < -0.39 is 0 Å². The zero-order valence-corrected chi connectivity index (χ0v) is 14.7. The smallest absolute Gasteiger partial charge is 0.226 e. The summed E-state index contributed by atoms with van der Waals surface area (Å²) in [4.78, 5) is 14.5. The van der Waals surface area contributed by atoms with E-state index in [1.54, 1.807) is 22.7 Å². The number of fused-ring (bicyclic) bond motifs is 1. The van der Waals surface area contributed by atoms with Gasteiger partial charge in [-0.25, -0.2) is 4.68 Å². The molecule has 0 spiro atoms. The Labute approximate surface area is 143 Å². The minimum absolute atomic E-state index is 0.0509. The van der Waals surface area contributed by atoms with Gasteiger partial charge in [-0.3, -0.25) is 4.79 Å². The minimum atomic E-state index is 0.0509. The number of rotatable bonds is 3. The zero-order valence-electron chi connectivity index (χ0n) is 11.5. The summed E-state index contributed by atoms with van der Waals surface area (Å²) in [5.74, 6) is 0.978. The molecule has 1 aliphatic rings. The number of nitrogens with zero attached hydrogens (tertiary/aromatic N) is 2. The van der Waals surface area contributed by atoms with Crippen molar-refractivity contribution in [2.24, 2.45) is 0 Å². The normalized spacial score (nSPS) is 17.3. The van der Waals surface area contributed by atoms with Gasteiger partial charge in [-0.15, -0.1) is 22.7 Å². The Bertz CT molecular complexity index is 822. The third-order valence-corrected chi connectivity index (χ3v) is 6.31. The second-order valence-corrected chi connectivity index (χ2v) is 8.66. The van der Waals surface area contributed by atoms with E-state index in [0.29, 0.717) is 13.0 Å². The average Bonchev–Trinajstić information content (AvgIpc) is 3.21. The largest absolute Gasteiger partial charge is 0.311 e. The molecule has 4 rings (SSSR count). The highest BCUT2D eigenvalue weighted by Crippen LogP contribution is 2.40. The standard InChI is InChI=1S/C15H12BrN3OS2/c16-13-4-3-12(22-13)10-6-14(20)18-15-11(10)7-17-19(15)8-9-2-1-5-21-9/h1-5,7,10H,6,8H2,(H,18,20)/t10-/m1/s1. The first-order chi connectivity index (χ1) is 10.7. The summed E-state index contributed by atoms with van der Waals surface area (Å²) in [6, 6.07) is 8.22. The number of thiophene rings is 2. The van der Waals surface area contributed by atoms with Crippen LogP contribution in [-0.2, 0) is 11.3 Å². The molecular formula is C15H12BrN3OS2. The predicted molar refractivity (Wildman–Crippen MR) is 92.8 cm³/mol. The number of anilines is 1. The summed E-state index contributed by atoms with van der Waals surface area (Å²) in [6.07, 6.45) is 2.37. The third kappa shape index (κ3) is 2.53. The average molecular weight is 394 g/mol. The SMILES string of the molecule is O=C1C[C@@H](c2ccc(Br)s2)c2cnn(Cc3cccs3)c2N1. The molecule has 4 nitrogen and oxygen atoms in total. The van der Waals surface area contributed by atoms with E-state index in [1.165, 1.54) is 9.75 Å². The van der Waals surface area contributed by atoms with E-state index in [0.717, 1.165) is 15.2 Å². The fourth-order valence-corrected chi connectivity index (χ4v) is 4.94. The molecule has 7 heteroatoms. The molecule has 1 amide bonds. The van der Waals surface area contributed by atoms with E-state index in [1.807, 2.05) is 23.0 Å². The van der Waals surface area contributed by atoms with Gasteiger partial charge in [0.25, 0.3) is 0 Å². The number of nitrogens with one attached hydrogen (secondary N) is 1. The van der Waals surface area contributed by atoms with E-state index in [-0.39, 0.29) is 11.8 Å². The van der Waals surface area contributed by atoms with Crippen LogP contribution in [0.5, 0.6) is 0 Å². The summed E-state index contributed by atoms with van der Waals surface area (Å²) in [7, 11) is 0. The third-order valence-electron chi connectivity index (χ3n) is 3.71. The maximum absolute atomic E-state index is 12.1. The number of aromatic nitrogens is 2. The van der Waals surface area contributed by atoms with E-state index in [9.17, 15) is 4.79 Å². The van der Waals surface area contributed by atoms with Crippen LogP contribution in [0.1, 0.15) is 27.7 Å². The zero-order chi connectivity index (χ0) is 15.1. The quantitative estimate of drug-likeness (QED) is 0.721. The molecule has 4 heterocycles. The first kappa shape index (κ1) is 14.2. The molecule has 22 heavy (non-hydrogen) atoms. The molecule has 0 saturated carbocycles. The summed E-state index contributed by atoms with van der Waals surface area (Å²) in [5, 5.41) is 9.53. The summed E-state index contributed by atoms with van der Waals surface area (Å²) >= 11 is 6.87. The van der Waals surface area contributed by atoms with Crippen LogP contribution >= 0.6 is 38.6 Å². The predicted octanol–water partition coefficient (Wildman–Crippen LogP) is 4.29. The van der Waals surface area contributed by atoms with Crippen LogP contribution in [0.4, 0.5) is 5.82 Å². The van der Waals surface area contributed by atoms with Gasteiger partial charge in [-0.05, 0) is 39.5 Å². The van der Waals surface area contributed by atoms with Crippen molar-refractivity contribution in [3.63, 3.8) is 0 Å². The Kier molecular flexibility index (Phi) is 3.63. The molecule has 1 atom stereocenters. The monoisotopic (exact) mass is 393 g/mol. The molecule has 0 aromatic carbocycles. The molecular weight excluding hydrogens is 382 g/mol. The van der Waals surface area contributed by atoms with Crippen molar-refractivity contribution >= 4 is 50.3 Å². The van der Waals surface area contributed by atoms with Gasteiger partial charge in [0, 0.05) is 27.7 Å². The summed E-state index contributed by atoms with van der Waals surface area (Å²) in [5.41, 5.74) is 1.10. The van der Waals surface area contributed by atoms with Gasteiger partial charge in [0.15, 0.2) is 0 Å². The number of carbonyl (C=O) groups is 1. The van der Waals surface area contributed by atoms with Crippen molar-refractivity contribution in [3.8, 4) is 0 Å². The number of hydrogen-bond acceptors (Lipinski definition) is 4. The van der Waals surface area contributed by atoms with Gasteiger partial charge in [-0.2, -0.15) is 5.10 Å². The highest BCUT2D eigenvalue weighted by Gasteiger charge is 2.30. The lowest BCUT2D eigenvalue weighted by Crippen LogP contribution is -2.24. The molecule has 3 aromatic rings. The lowest BCUT2D eigenvalue weighted by molar-refractivity contribution is -0.116. The number of hydrogen-bond donors (Lipinski definition) is 1. The molecule has 0 bridgehead atoms. The van der Waals surface area contributed by atoms with Crippen LogP contribution in [0.25, 0.3) is 0 Å². The highest BCUT2D eigenvalue weighted by atomic mass is 79.9. The Morgan fingerprint density at radius 3 is 3.05 bits per heavy atom. The lowest BCUT2D eigenvalue weighted by atomic mass is 9.93. The van der Waals surface area contributed by atoms with Gasteiger partial charge >= 0.3 is 0 Å².